The number of nitrogens with two attached hydrogens (primary N) is 1. The Bertz CT molecular complexity index is 506. The lowest BCUT2D eigenvalue weighted by molar-refractivity contribution is 0.315. The Kier molecular flexibility index (Phi) is 3.17. The minimum absolute atomic E-state index is 0.374. The zero-order valence-corrected chi connectivity index (χ0v) is 10.4. The molecule has 1 heterocycles. The van der Waals surface area contributed by atoms with Crippen LogP contribution in [0.25, 0.3) is 11.0 Å². The molecule has 0 spiro atoms. The van der Waals surface area contributed by atoms with Gasteiger partial charge >= 0.3 is 0 Å². The Morgan fingerprint density at radius 1 is 1.24 bits per heavy atom. The molecule has 0 saturated heterocycles. The molecule has 0 amide bonds. The second-order valence-electron chi connectivity index (χ2n) is 4.84. The van der Waals surface area contributed by atoms with Crippen LogP contribution in [-0.4, -0.2) is 16.4 Å². The molecule has 1 aromatic carbocycles. The zero-order valence-electron chi connectivity index (χ0n) is 10.4. The lowest BCUT2D eigenvalue weighted by atomic mass is 10.0. The maximum atomic E-state index is 5.79. The Labute approximate surface area is 100 Å². The molecular weight excluding hydrogens is 216 g/mol. The van der Waals surface area contributed by atoms with Gasteiger partial charge in [0, 0.05) is 6.04 Å². The normalized spacial score (nSPS) is 13.2. The molecule has 5 heteroatoms. The summed E-state index contributed by atoms with van der Waals surface area (Å²) in [6, 6.07) is 4.11. The predicted molar refractivity (Wildman–Crippen MR) is 68.8 cm³/mol. The molecule has 2 rings (SSSR count). The number of anilines is 2. The van der Waals surface area contributed by atoms with Crippen LogP contribution in [0.2, 0.25) is 0 Å². The highest BCUT2D eigenvalue weighted by Crippen LogP contribution is 2.26. The lowest BCUT2D eigenvalue weighted by Gasteiger charge is -2.17. The molecule has 17 heavy (non-hydrogen) atoms. The van der Waals surface area contributed by atoms with Gasteiger partial charge in [0.1, 0.15) is 0 Å². The maximum absolute atomic E-state index is 5.79. The van der Waals surface area contributed by atoms with E-state index in [0.29, 0.717) is 28.7 Å². The number of nitrogens with one attached hydrogen (secondary N) is 1. The third-order valence-electron chi connectivity index (χ3n) is 2.67. The quantitative estimate of drug-likeness (QED) is 0.795. The average Bonchev–Trinajstić information content (AvgIpc) is 2.70. The van der Waals surface area contributed by atoms with Gasteiger partial charge in [-0.3, -0.25) is 0 Å². The van der Waals surface area contributed by atoms with Gasteiger partial charge in [-0.1, -0.05) is 13.8 Å². The van der Waals surface area contributed by atoms with Gasteiger partial charge < -0.3 is 11.1 Å². The van der Waals surface area contributed by atoms with Gasteiger partial charge in [-0.25, -0.2) is 4.63 Å². The van der Waals surface area contributed by atoms with Crippen LogP contribution in [0.1, 0.15) is 27.2 Å². The second-order valence-corrected chi connectivity index (χ2v) is 4.84. The van der Waals surface area contributed by atoms with E-state index in [2.05, 4.69) is 36.4 Å². The molecule has 0 bridgehead atoms. The lowest BCUT2D eigenvalue weighted by Crippen LogP contribution is -2.17. The standard InChI is InChI=1S/C12H18N4O/c1-7(2)6-8(3)14-10-5-4-9(13)11-12(10)16-17-15-11/h4-5,7-8,14H,6,13H2,1-3H3. The molecule has 0 radical (unpaired) electrons. The highest BCUT2D eigenvalue weighted by molar-refractivity contribution is 5.94. The first-order chi connectivity index (χ1) is 8.08. The Balaban J connectivity index is 2.24. The molecule has 1 aromatic heterocycles. The highest BCUT2D eigenvalue weighted by Gasteiger charge is 2.12. The fourth-order valence-electron chi connectivity index (χ4n) is 2.03. The van der Waals surface area contributed by atoms with Gasteiger partial charge in [0.25, 0.3) is 0 Å². The molecule has 0 aliphatic carbocycles. The summed E-state index contributed by atoms with van der Waals surface area (Å²) in [5, 5.41) is 11.1. The summed E-state index contributed by atoms with van der Waals surface area (Å²) in [7, 11) is 0. The van der Waals surface area contributed by atoms with Crippen LogP contribution in [0.3, 0.4) is 0 Å². The predicted octanol–water partition coefficient (Wildman–Crippen LogP) is 2.65. The van der Waals surface area contributed by atoms with Gasteiger partial charge in [0.2, 0.25) is 0 Å². The van der Waals surface area contributed by atoms with Crippen molar-refractivity contribution in [2.75, 3.05) is 11.1 Å². The van der Waals surface area contributed by atoms with Crippen LogP contribution in [0.15, 0.2) is 16.8 Å². The largest absolute Gasteiger partial charge is 0.397 e. The van der Waals surface area contributed by atoms with Crippen molar-refractivity contribution in [3.05, 3.63) is 12.1 Å². The van der Waals surface area contributed by atoms with E-state index in [4.69, 9.17) is 10.4 Å². The van der Waals surface area contributed by atoms with Crippen LogP contribution < -0.4 is 11.1 Å². The molecule has 0 saturated carbocycles. The number of hydrogen-bond acceptors (Lipinski definition) is 5. The fraction of sp³-hybridized carbons (Fsp3) is 0.500. The van der Waals surface area contributed by atoms with Gasteiger partial charge in [-0.15, -0.1) is 0 Å². The average molecular weight is 234 g/mol. The summed E-state index contributed by atoms with van der Waals surface area (Å²) < 4.78 is 4.73. The molecule has 1 atom stereocenters. The summed E-state index contributed by atoms with van der Waals surface area (Å²) in [6.07, 6.45) is 1.09. The van der Waals surface area contributed by atoms with Gasteiger partial charge in [-0.2, -0.15) is 0 Å². The van der Waals surface area contributed by atoms with Crippen LogP contribution in [0, 0.1) is 5.92 Å². The number of fused-ring (bicyclic) bond motifs is 1. The first kappa shape index (κ1) is 11.7. The maximum Gasteiger partial charge on any atom is 0.160 e. The van der Waals surface area contributed by atoms with E-state index in [1.807, 2.05) is 12.1 Å². The second kappa shape index (κ2) is 4.61. The summed E-state index contributed by atoms with van der Waals surface area (Å²) in [5.74, 6) is 0.650. The summed E-state index contributed by atoms with van der Waals surface area (Å²) in [6.45, 7) is 6.55. The van der Waals surface area contributed by atoms with Crippen LogP contribution >= 0.6 is 0 Å². The molecule has 92 valence electrons. The molecule has 0 fully saturated rings. The number of benzene rings is 1. The van der Waals surface area contributed by atoms with Crippen molar-refractivity contribution >= 4 is 22.4 Å². The van der Waals surface area contributed by atoms with E-state index in [9.17, 15) is 0 Å². The minimum Gasteiger partial charge on any atom is -0.397 e. The third-order valence-corrected chi connectivity index (χ3v) is 2.67. The van der Waals surface area contributed by atoms with E-state index in [0.717, 1.165) is 12.1 Å². The van der Waals surface area contributed by atoms with Crippen molar-refractivity contribution < 1.29 is 4.63 Å². The number of nitrogens with zero attached hydrogens (tertiary/aromatic N) is 2. The number of nitrogen functional groups attached to an aromatic ring is 1. The Morgan fingerprint density at radius 2 is 1.94 bits per heavy atom. The Hall–Kier alpha value is -1.78. The molecule has 1 unspecified atom stereocenters. The molecular formula is C12H18N4O. The highest BCUT2D eigenvalue weighted by atomic mass is 16.6. The smallest absolute Gasteiger partial charge is 0.160 e. The van der Waals surface area contributed by atoms with Crippen LogP contribution in [0.5, 0.6) is 0 Å². The molecule has 3 N–H and O–H groups in total. The SMILES string of the molecule is CC(C)CC(C)Nc1ccc(N)c2nonc12. The molecule has 0 aliphatic rings. The van der Waals surface area contributed by atoms with Gasteiger partial charge in [0.05, 0.1) is 11.4 Å². The third kappa shape index (κ3) is 2.49. The minimum atomic E-state index is 0.374. The number of aromatic nitrogens is 2. The number of rotatable bonds is 4. The fourth-order valence-corrected chi connectivity index (χ4v) is 2.03. The van der Waals surface area contributed by atoms with Crippen molar-refractivity contribution in [2.24, 2.45) is 5.92 Å². The van der Waals surface area contributed by atoms with Crippen LogP contribution in [-0.2, 0) is 0 Å². The van der Waals surface area contributed by atoms with Crippen LogP contribution in [0.4, 0.5) is 11.4 Å². The number of hydrogen-bond donors (Lipinski definition) is 2. The first-order valence-corrected chi connectivity index (χ1v) is 5.85. The summed E-state index contributed by atoms with van der Waals surface area (Å²) in [4.78, 5) is 0. The Morgan fingerprint density at radius 3 is 2.65 bits per heavy atom. The van der Waals surface area contributed by atoms with E-state index in [1.54, 1.807) is 0 Å². The zero-order chi connectivity index (χ0) is 12.4. The van der Waals surface area contributed by atoms with E-state index in [1.165, 1.54) is 0 Å². The topological polar surface area (TPSA) is 77.0 Å². The van der Waals surface area contributed by atoms with Crippen molar-refractivity contribution in [3.8, 4) is 0 Å². The molecule has 2 aromatic rings. The summed E-state index contributed by atoms with van der Waals surface area (Å²) in [5.41, 5.74) is 8.61. The first-order valence-electron chi connectivity index (χ1n) is 5.85. The van der Waals surface area contributed by atoms with Crippen molar-refractivity contribution in [1.29, 1.82) is 0 Å². The van der Waals surface area contributed by atoms with E-state index >= 15 is 0 Å². The van der Waals surface area contributed by atoms with Crippen molar-refractivity contribution in [1.82, 2.24) is 10.3 Å². The van der Waals surface area contributed by atoms with Gasteiger partial charge in [0.15, 0.2) is 11.0 Å². The molecule has 0 aliphatic heterocycles. The van der Waals surface area contributed by atoms with E-state index in [-0.39, 0.29) is 0 Å². The van der Waals surface area contributed by atoms with Gasteiger partial charge in [-0.05, 0) is 41.7 Å². The van der Waals surface area contributed by atoms with Crippen molar-refractivity contribution in [2.45, 2.75) is 33.2 Å². The van der Waals surface area contributed by atoms with Crippen molar-refractivity contribution in [3.63, 3.8) is 0 Å². The van der Waals surface area contributed by atoms with E-state index < -0.39 is 0 Å². The summed E-state index contributed by atoms with van der Waals surface area (Å²) >= 11 is 0. The molecule has 5 nitrogen and oxygen atoms in total. The monoisotopic (exact) mass is 234 g/mol.